The molecular formula is C16H22N2O7. The van der Waals surface area contributed by atoms with Gasteiger partial charge in [-0.1, -0.05) is 0 Å². The molecule has 0 bridgehead atoms. The van der Waals surface area contributed by atoms with E-state index < -0.39 is 30.3 Å². The average molecular weight is 354 g/mol. The highest BCUT2D eigenvalue weighted by Crippen LogP contribution is 2.24. The van der Waals surface area contributed by atoms with E-state index in [-0.39, 0.29) is 24.6 Å². The monoisotopic (exact) mass is 354 g/mol. The lowest BCUT2D eigenvalue weighted by atomic mass is 10.0. The lowest BCUT2D eigenvalue weighted by molar-refractivity contribution is -0.139. The molecule has 3 N–H and O–H groups in total. The Bertz CT molecular complexity index is 585. The van der Waals surface area contributed by atoms with Crippen molar-refractivity contribution in [1.29, 1.82) is 0 Å². The third-order valence-electron chi connectivity index (χ3n) is 4.41. The Morgan fingerprint density at radius 2 is 1.92 bits per heavy atom. The summed E-state index contributed by atoms with van der Waals surface area (Å²) >= 11 is 0. The fourth-order valence-corrected chi connectivity index (χ4v) is 2.97. The number of nitrogens with one attached hydrogen (secondary N) is 1. The molecule has 0 spiro atoms. The second-order valence-corrected chi connectivity index (χ2v) is 6.08. The van der Waals surface area contributed by atoms with Gasteiger partial charge in [0.2, 0.25) is 5.91 Å². The van der Waals surface area contributed by atoms with Gasteiger partial charge in [0, 0.05) is 19.6 Å². The van der Waals surface area contributed by atoms with Crippen LogP contribution in [0.1, 0.15) is 17.0 Å². The third kappa shape index (κ3) is 4.18. The van der Waals surface area contributed by atoms with Crippen LogP contribution in [-0.4, -0.2) is 84.2 Å². The number of amides is 2. The molecule has 1 aromatic rings. The minimum absolute atomic E-state index is 0.00000472. The van der Waals surface area contributed by atoms with E-state index in [2.05, 4.69) is 5.32 Å². The molecule has 3 heterocycles. The first-order chi connectivity index (χ1) is 12.1. The number of aliphatic hydroxyl groups is 2. The van der Waals surface area contributed by atoms with Crippen LogP contribution in [0.3, 0.4) is 0 Å². The van der Waals surface area contributed by atoms with Crippen molar-refractivity contribution < 1.29 is 33.7 Å². The summed E-state index contributed by atoms with van der Waals surface area (Å²) in [5.41, 5.74) is 0. The maximum atomic E-state index is 12.2. The molecule has 0 unspecified atom stereocenters. The van der Waals surface area contributed by atoms with Gasteiger partial charge in [0.05, 0.1) is 32.0 Å². The van der Waals surface area contributed by atoms with Crippen LogP contribution in [0.2, 0.25) is 0 Å². The zero-order valence-corrected chi connectivity index (χ0v) is 13.7. The van der Waals surface area contributed by atoms with Gasteiger partial charge in [-0.05, 0) is 12.1 Å². The highest BCUT2D eigenvalue weighted by molar-refractivity contribution is 5.91. The lowest BCUT2D eigenvalue weighted by Crippen LogP contribution is -2.43. The molecule has 0 saturated carbocycles. The summed E-state index contributed by atoms with van der Waals surface area (Å²) < 4.78 is 15.8. The van der Waals surface area contributed by atoms with Crippen LogP contribution in [0.25, 0.3) is 0 Å². The molecule has 138 valence electrons. The first-order valence-corrected chi connectivity index (χ1v) is 8.25. The van der Waals surface area contributed by atoms with E-state index in [4.69, 9.17) is 13.9 Å². The molecule has 2 amide bonds. The number of furan rings is 1. The Hall–Kier alpha value is -1.94. The molecule has 9 nitrogen and oxygen atoms in total. The summed E-state index contributed by atoms with van der Waals surface area (Å²) in [4.78, 5) is 25.7. The van der Waals surface area contributed by atoms with Crippen LogP contribution in [0.15, 0.2) is 22.8 Å². The Morgan fingerprint density at radius 3 is 2.60 bits per heavy atom. The predicted molar refractivity (Wildman–Crippen MR) is 83.7 cm³/mol. The van der Waals surface area contributed by atoms with E-state index >= 15 is 0 Å². The van der Waals surface area contributed by atoms with Crippen molar-refractivity contribution >= 4 is 11.8 Å². The highest BCUT2D eigenvalue weighted by atomic mass is 16.5. The van der Waals surface area contributed by atoms with E-state index in [1.54, 1.807) is 11.0 Å². The number of nitrogens with zero attached hydrogens (tertiary/aromatic N) is 1. The van der Waals surface area contributed by atoms with E-state index in [0.29, 0.717) is 26.3 Å². The summed E-state index contributed by atoms with van der Waals surface area (Å²) in [7, 11) is 0. The second-order valence-electron chi connectivity index (χ2n) is 6.08. The molecule has 2 fully saturated rings. The standard InChI is InChI=1S/C16H22N2O7/c19-13(18-3-6-23-7-4-18)8-11-14(20)15(21)12(25-11)9-17-16(22)10-2-1-5-24-10/h1-2,5,11-12,14-15,20-21H,3-4,6-9H2,(H,17,22)/t11-,12+,14-,15+/m0/s1. The quantitative estimate of drug-likeness (QED) is 0.604. The van der Waals surface area contributed by atoms with Gasteiger partial charge in [-0.2, -0.15) is 0 Å². The molecule has 0 radical (unpaired) electrons. The smallest absolute Gasteiger partial charge is 0.287 e. The van der Waals surface area contributed by atoms with Crippen LogP contribution < -0.4 is 5.32 Å². The van der Waals surface area contributed by atoms with E-state index in [0.717, 1.165) is 0 Å². The maximum Gasteiger partial charge on any atom is 0.287 e. The predicted octanol–water partition coefficient (Wildman–Crippen LogP) is -1.25. The SMILES string of the molecule is O=C(NC[C@H]1O[C@@H](CC(=O)N2CCOCC2)[C@H](O)[C@@H]1O)c1ccco1. The number of hydrogen-bond donors (Lipinski definition) is 3. The molecular weight excluding hydrogens is 332 g/mol. The fourth-order valence-electron chi connectivity index (χ4n) is 2.97. The number of rotatable bonds is 5. The molecule has 0 aromatic carbocycles. The molecule has 2 aliphatic rings. The summed E-state index contributed by atoms with van der Waals surface area (Å²) in [5, 5.41) is 22.8. The van der Waals surface area contributed by atoms with Gasteiger partial charge in [-0.25, -0.2) is 0 Å². The van der Waals surface area contributed by atoms with Gasteiger partial charge in [0.15, 0.2) is 5.76 Å². The normalized spacial score (nSPS) is 29.6. The lowest BCUT2D eigenvalue weighted by Gasteiger charge is -2.28. The summed E-state index contributed by atoms with van der Waals surface area (Å²) in [5.74, 6) is -0.449. The zero-order chi connectivity index (χ0) is 17.8. The number of hydrogen-bond acceptors (Lipinski definition) is 7. The minimum atomic E-state index is -1.18. The molecule has 9 heteroatoms. The first-order valence-electron chi connectivity index (χ1n) is 8.25. The van der Waals surface area contributed by atoms with E-state index in [1.807, 2.05) is 0 Å². The van der Waals surface area contributed by atoms with Gasteiger partial charge in [-0.3, -0.25) is 9.59 Å². The van der Waals surface area contributed by atoms with Gasteiger partial charge in [0.25, 0.3) is 5.91 Å². The Morgan fingerprint density at radius 1 is 1.20 bits per heavy atom. The van der Waals surface area contributed by atoms with Crippen LogP contribution in [-0.2, 0) is 14.3 Å². The van der Waals surface area contributed by atoms with Crippen molar-refractivity contribution in [3.05, 3.63) is 24.2 Å². The summed E-state index contributed by atoms with van der Waals surface area (Å²) in [6, 6.07) is 3.10. The van der Waals surface area contributed by atoms with Crippen molar-refractivity contribution in [3.8, 4) is 0 Å². The van der Waals surface area contributed by atoms with Crippen LogP contribution in [0.5, 0.6) is 0 Å². The number of morpholine rings is 1. The second kappa shape index (κ2) is 7.96. The maximum absolute atomic E-state index is 12.2. The van der Waals surface area contributed by atoms with Crippen LogP contribution >= 0.6 is 0 Å². The molecule has 1 aromatic heterocycles. The molecule has 25 heavy (non-hydrogen) atoms. The van der Waals surface area contributed by atoms with Gasteiger partial charge in [-0.15, -0.1) is 0 Å². The van der Waals surface area contributed by atoms with E-state index in [9.17, 15) is 19.8 Å². The fraction of sp³-hybridized carbons (Fsp3) is 0.625. The summed E-state index contributed by atoms with van der Waals surface area (Å²) in [6.07, 6.45) is -2.62. The molecule has 4 atom stereocenters. The number of carbonyl (C=O) groups is 2. The van der Waals surface area contributed by atoms with Crippen LogP contribution in [0, 0.1) is 0 Å². The third-order valence-corrected chi connectivity index (χ3v) is 4.41. The van der Waals surface area contributed by atoms with Crippen molar-refractivity contribution in [1.82, 2.24) is 10.2 Å². The molecule has 0 aliphatic carbocycles. The zero-order valence-electron chi connectivity index (χ0n) is 13.7. The van der Waals surface area contributed by atoms with E-state index in [1.165, 1.54) is 12.3 Å². The first kappa shape index (κ1) is 17.9. The van der Waals surface area contributed by atoms with Crippen LogP contribution in [0.4, 0.5) is 0 Å². The Balaban J connectivity index is 1.50. The Kier molecular flexibility index (Phi) is 5.69. The average Bonchev–Trinajstić information content (AvgIpc) is 3.25. The molecule has 2 saturated heterocycles. The highest BCUT2D eigenvalue weighted by Gasteiger charge is 2.43. The topological polar surface area (TPSA) is 121 Å². The minimum Gasteiger partial charge on any atom is -0.459 e. The van der Waals surface area contributed by atoms with Crippen molar-refractivity contribution in [3.63, 3.8) is 0 Å². The number of aliphatic hydroxyl groups excluding tert-OH is 2. The number of ether oxygens (including phenoxy) is 2. The molecule has 3 rings (SSSR count). The van der Waals surface area contributed by atoms with Crippen molar-refractivity contribution in [2.75, 3.05) is 32.8 Å². The molecule has 2 aliphatic heterocycles. The van der Waals surface area contributed by atoms with Gasteiger partial charge in [0.1, 0.15) is 18.3 Å². The van der Waals surface area contributed by atoms with Gasteiger partial charge >= 0.3 is 0 Å². The van der Waals surface area contributed by atoms with Crippen molar-refractivity contribution in [2.45, 2.75) is 30.8 Å². The summed E-state index contributed by atoms with van der Waals surface area (Å²) in [6.45, 7) is 1.99. The van der Waals surface area contributed by atoms with Crippen molar-refractivity contribution in [2.24, 2.45) is 0 Å². The Labute approximate surface area is 144 Å². The number of carbonyl (C=O) groups excluding carboxylic acids is 2. The van der Waals surface area contributed by atoms with Gasteiger partial charge < -0.3 is 34.3 Å². The largest absolute Gasteiger partial charge is 0.459 e.